The zero-order valence-corrected chi connectivity index (χ0v) is 21.9. The van der Waals surface area contributed by atoms with Crippen LogP contribution in [0.15, 0.2) is 12.3 Å². The standard InChI is InChI=1S/C24H35ClN4O4S/c1-5-33-21-13-18(19(25)14-26-21)22-17-7-6-16(12-20(17)29(28-22)15(2)3)23(30)27-24(4)8-10-34(31,32)11-9-24/h13-16,31-32H,5-12H2,1-4H3,(H,27,30). The Kier molecular flexibility index (Phi) is 7.20. The second-order valence-corrected chi connectivity index (χ2v) is 12.8. The van der Waals surface area contributed by atoms with E-state index in [1.807, 2.05) is 24.6 Å². The van der Waals surface area contributed by atoms with Crippen LogP contribution in [0.5, 0.6) is 5.88 Å². The third kappa shape index (κ3) is 5.22. The quantitative estimate of drug-likeness (QED) is 0.498. The van der Waals surface area contributed by atoms with Crippen molar-refractivity contribution in [2.75, 3.05) is 18.1 Å². The minimum atomic E-state index is -2.49. The minimum absolute atomic E-state index is 0.0326. The summed E-state index contributed by atoms with van der Waals surface area (Å²) in [5, 5.41) is 8.68. The summed E-state index contributed by atoms with van der Waals surface area (Å²) in [6.45, 7) is 8.60. The first-order chi connectivity index (χ1) is 16.0. The first-order valence-corrected chi connectivity index (χ1v) is 14.2. The molecule has 1 aliphatic heterocycles. The Bertz CT molecular complexity index is 1060. The zero-order valence-electron chi connectivity index (χ0n) is 20.3. The Hall–Kier alpha value is -1.81. The SMILES string of the molecule is CCOc1cc(-c2nn(C(C)C)c3c2CCC(C(=O)NC2(C)CCS(O)(O)CC2)C3)c(Cl)cn1. The maximum Gasteiger partial charge on any atom is 0.223 e. The highest BCUT2D eigenvalue weighted by atomic mass is 35.5. The summed E-state index contributed by atoms with van der Waals surface area (Å²) >= 11 is 6.52. The molecule has 34 heavy (non-hydrogen) atoms. The molecule has 0 radical (unpaired) electrons. The Morgan fingerprint density at radius 2 is 2.09 bits per heavy atom. The van der Waals surface area contributed by atoms with Crippen LogP contribution in [-0.4, -0.2) is 53.4 Å². The average molecular weight is 511 g/mol. The second-order valence-electron chi connectivity index (χ2n) is 9.95. The molecule has 0 bridgehead atoms. The van der Waals surface area contributed by atoms with Crippen molar-refractivity contribution in [1.82, 2.24) is 20.1 Å². The van der Waals surface area contributed by atoms with Gasteiger partial charge < -0.3 is 10.1 Å². The molecule has 2 aromatic heterocycles. The molecule has 1 amide bonds. The monoisotopic (exact) mass is 510 g/mol. The van der Waals surface area contributed by atoms with Gasteiger partial charge in [-0.05, 0) is 53.4 Å². The molecule has 1 unspecified atom stereocenters. The van der Waals surface area contributed by atoms with Crippen LogP contribution in [0.3, 0.4) is 0 Å². The highest BCUT2D eigenvalue weighted by molar-refractivity contribution is 8.24. The lowest BCUT2D eigenvalue weighted by Gasteiger charge is -2.45. The maximum atomic E-state index is 13.3. The fourth-order valence-corrected chi connectivity index (χ4v) is 6.81. The Balaban J connectivity index is 1.58. The molecule has 1 fully saturated rings. The lowest BCUT2D eigenvalue weighted by Crippen LogP contribution is -2.52. The molecule has 2 aliphatic rings. The van der Waals surface area contributed by atoms with E-state index in [0.717, 1.165) is 35.4 Å². The van der Waals surface area contributed by atoms with E-state index in [2.05, 4.69) is 24.1 Å². The molecule has 188 valence electrons. The predicted molar refractivity (Wildman–Crippen MR) is 136 cm³/mol. The van der Waals surface area contributed by atoms with Gasteiger partial charge >= 0.3 is 0 Å². The van der Waals surface area contributed by atoms with Gasteiger partial charge in [0.2, 0.25) is 11.8 Å². The van der Waals surface area contributed by atoms with Crippen molar-refractivity contribution in [1.29, 1.82) is 0 Å². The third-order valence-corrected chi connectivity index (χ3v) is 8.94. The topological polar surface area (TPSA) is 110 Å². The number of hydrogen-bond donors (Lipinski definition) is 3. The molecule has 1 aliphatic carbocycles. The number of halogens is 1. The zero-order chi connectivity index (χ0) is 24.7. The van der Waals surface area contributed by atoms with Crippen LogP contribution in [0.1, 0.15) is 64.3 Å². The number of nitrogens with zero attached hydrogens (tertiary/aromatic N) is 3. The van der Waals surface area contributed by atoms with Crippen LogP contribution in [-0.2, 0) is 17.6 Å². The third-order valence-electron chi connectivity index (χ3n) is 6.93. The number of hydrogen-bond acceptors (Lipinski definition) is 6. The fraction of sp³-hybridized carbons (Fsp3) is 0.625. The van der Waals surface area contributed by atoms with Crippen LogP contribution in [0.25, 0.3) is 11.3 Å². The summed E-state index contributed by atoms with van der Waals surface area (Å²) < 4.78 is 27.5. The van der Waals surface area contributed by atoms with Crippen LogP contribution in [0.4, 0.5) is 0 Å². The summed E-state index contributed by atoms with van der Waals surface area (Å²) in [6.07, 6.45) is 4.82. The van der Waals surface area contributed by atoms with Crippen molar-refractivity contribution in [2.24, 2.45) is 5.92 Å². The Morgan fingerprint density at radius 1 is 1.38 bits per heavy atom. The summed E-state index contributed by atoms with van der Waals surface area (Å²) in [7, 11) is -2.49. The molecule has 0 aromatic carbocycles. The van der Waals surface area contributed by atoms with Gasteiger partial charge in [0.25, 0.3) is 0 Å². The van der Waals surface area contributed by atoms with Gasteiger partial charge in [-0.15, -0.1) is 0 Å². The maximum absolute atomic E-state index is 13.3. The van der Waals surface area contributed by atoms with Crippen molar-refractivity contribution in [2.45, 2.75) is 71.4 Å². The lowest BCUT2D eigenvalue weighted by molar-refractivity contribution is -0.127. The van der Waals surface area contributed by atoms with Crippen LogP contribution < -0.4 is 10.1 Å². The smallest absolute Gasteiger partial charge is 0.223 e. The Labute approximate surface area is 207 Å². The van der Waals surface area contributed by atoms with E-state index >= 15 is 0 Å². The average Bonchev–Trinajstić information content (AvgIpc) is 3.17. The molecule has 3 heterocycles. The number of aromatic nitrogens is 3. The largest absolute Gasteiger partial charge is 0.478 e. The van der Waals surface area contributed by atoms with Crippen molar-refractivity contribution < 1.29 is 18.6 Å². The normalized spacial score (nSPS) is 22.2. The summed E-state index contributed by atoms with van der Waals surface area (Å²) in [4.78, 5) is 17.5. The molecule has 2 aromatic rings. The van der Waals surface area contributed by atoms with Crippen LogP contribution in [0, 0.1) is 5.92 Å². The van der Waals surface area contributed by atoms with Crippen molar-refractivity contribution in [3.63, 3.8) is 0 Å². The fourth-order valence-electron chi connectivity index (χ4n) is 4.86. The van der Waals surface area contributed by atoms with E-state index < -0.39 is 16.1 Å². The number of ether oxygens (including phenoxy) is 1. The number of fused-ring (bicyclic) bond motifs is 1. The van der Waals surface area contributed by atoms with Gasteiger partial charge in [-0.3, -0.25) is 18.6 Å². The van der Waals surface area contributed by atoms with Crippen LogP contribution in [0.2, 0.25) is 5.02 Å². The molecule has 1 saturated heterocycles. The number of carbonyl (C=O) groups excluding carboxylic acids is 1. The Morgan fingerprint density at radius 3 is 2.74 bits per heavy atom. The van der Waals surface area contributed by atoms with Gasteiger partial charge in [-0.1, -0.05) is 11.6 Å². The molecular weight excluding hydrogens is 476 g/mol. The summed E-state index contributed by atoms with van der Waals surface area (Å²) in [6, 6.07) is 1.98. The van der Waals surface area contributed by atoms with E-state index in [9.17, 15) is 13.9 Å². The van der Waals surface area contributed by atoms with E-state index in [-0.39, 0.29) is 17.9 Å². The molecule has 4 rings (SSSR count). The molecule has 3 N–H and O–H groups in total. The number of nitrogens with one attached hydrogen (secondary N) is 1. The minimum Gasteiger partial charge on any atom is -0.478 e. The van der Waals surface area contributed by atoms with Gasteiger partial charge in [-0.25, -0.2) is 4.98 Å². The lowest BCUT2D eigenvalue weighted by atomic mass is 9.84. The summed E-state index contributed by atoms with van der Waals surface area (Å²) in [5.41, 5.74) is 3.44. The van der Waals surface area contributed by atoms with Crippen LogP contribution >= 0.6 is 22.2 Å². The number of pyridine rings is 1. The molecular formula is C24H35ClN4O4S. The van der Waals surface area contributed by atoms with Crippen molar-refractivity contribution >= 4 is 28.1 Å². The highest BCUT2D eigenvalue weighted by Gasteiger charge is 2.38. The predicted octanol–water partition coefficient (Wildman–Crippen LogP) is 5.10. The number of carbonyl (C=O) groups is 1. The van der Waals surface area contributed by atoms with Gasteiger partial charge in [0.05, 0.1) is 23.5 Å². The molecule has 0 spiro atoms. The highest BCUT2D eigenvalue weighted by Crippen LogP contribution is 2.47. The summed E-state index contributed by atoms with van der Waals surface area (Å²) in [5.74, 6) is 1.09. The molecule has 10 heteroatoms. The molecule has 0 saturated carbocycles. The first kappa shape index (κ1) is 25.3. The molecule has 1 atom stereocenters. The van der Waals surface area contributed by atoms with Crippen molar-refractivity contribution in [3.05, 3.63) is 28.5 Å². The second kappa shape index (κ2) is 9.68. The molecule has 8 nitrogen and oxygen atoms in total. The van der Waals surface area contributed by atoms with Gasteiger partial charge in [-0.2, -0.15) is 15.7 Å². The number of rotatable bonds is 6. The van der Waals surface area contributed by atoms with E-state index in [1.165, 1.54) is 0 Å². The first-order valence-electron chi connectivity index (χ1n) is 12.0. The van der Waals surface area contributed by atoms with Gasteiger partial charge in [0.15, 0.2) is 0 Å². The van der Waals surface area contributed by atoms with Gasteiger partial charge in [0.1, 0.15) is 0 Å². The van der Waals surface area contributed by atoms with E-state index in [0.29, 0.717) is 48.3 Å². The van der Waals surface area contributed by atoms with E-state index in [1.54, 1.807) is 6.20 Å². The number of amides is 1. The van der Waals surface area contributed by atoms with Gasteiger partial charge in [0, 0.05) is 58.3 Å². The van der Waals surface area contributed by atoms with Crippen molar-refractivity contribution in [3.8, 4) is 17.1 Å². The van der Waals surface area contributed by atoms with E-state index in [4.69, 9.17) is 21.4 Å².